The Labute approximate surface area is 51.4 Å². The Kier molecular flexibility index (Phi) is 1.50. The van der Waals surface area contributed by atoms with E-state index in [0.29, 0.717) is 0 Å². The van der Waals surface area contributed by atoms with Crippen LogP contribution in [-0.4, -0.2) is 11.8 Å². The maximum atomic E-state index is 5.43. The molecule has 0 saturated heterocycles. The molecule has 1 nitrogen and oxygen atoms in total. The molecule has 0 aromatic carbocycles. The van der Waals surface area contributed by atoms with Gasteiger partial charge in [0.15, 0.2) is 0 Å². The number of allylic oxidation sites excluding steroid dienone is 1. The first kappa shape index (κ1) is 6.00. The van der Waals surface area contributed by atoms with Gasteiger partial charge in [0.05, 0.1) is 0 Å². The molecule has 0 saturated carbocycles. The zero-order chi connectivity index (χ0) is 6.15. The molecule has 2 N–H and O–H groups in total. The van der Waals surface area contributed by atoms with Crippen LogP contribution < -0.4 is 5.73 Å². The molecule has 8 heavy (non-hydrogen) atoms. The van der Waals surface area contributed by atoms with Gasteiger partial charge in [0.25, 0.3) is 0 Å². The maximum absolute atomic E-state index is 5.43. The zero-order valence-electron chi connectivity index (χ0n) is 5.23. The molecule has 0 spiro atoms. The van der Waals surface area contributed by atoms with Crippen molar-refractivity contribution in [2.75, 3.05) is 6.54 Å². The van der Waals surface area contributed by atoms with Gasteiger partial charge in [0, 0.05) is 6.54 Å². The van der Waals surface area contributed by atoms with Gasteiger partial charge in [0.1, 0.15) is 0 Å². The Morgan fingerprint density at radius 3 is 2.25 bits per heavy atom. The third kappa shape index (κ3) is 0.724. The predicted molar refractivity (Wildman–Crippen MR) is 39.4 cm³/mol. The van der Waals surface area contributed by atoms with Crippen molar-refractivity contribution in [1.82, 2.24) is 0 Å². The summed E-state index contributed by atoms with van der Waals surface area (Å²) in [6.07, 6.45) is 0. The minimum Gasteiger partial charge on any atom is -0.326 e. The van der Waals surface area contributed by atoms with Crippen LogP contribution in [0.5, 0.6) is 0 Å². The smallest absolute Gasteiger partial charge is 0.0190 e. The lowest BCUT2D eigenvalue weighted by Gasteiger charge is -2.15. The molecule has 1 heterocycles. The van der Waals surface area contributed by atoms with Gasteiger partial charge in [-0.3, -0.25) is 0 Å². The highest BCUT2D eigenvalue weighted by molar-refractivity contribution is 7.48. The highest BCUT2D eigenvalue weighted by Crippen LogP contribution is 2.31. The van der Waals surface area contributed by atoms with Crippen molar-refractivity contribution in [3.05, 3.63) is 10.9 Å². The molecule has 0 aromatic rings. The van der Waals surface area contributed by atoms with Crippen molar-refractivity contribution in [1.29, 1.82) is 0 Å². The Balaban J connectivity index is 2.65. The van der Waals surface area contributed by atoms with E-state index in [-0.39, 0.29) is 0 Å². The summed E-state index contributed by atoms with van der Waals surface area (Å²) in [5.74, 6) is 0. The van der Waals surface area contributed by atoms with Crippen molar-refractivity contribution in [2.24, 2.45) is 5.73 Å². The first-order valence-corrected chi connectivity index (χ1v) is 3.60. The second-order valence-corrected chi connectivity index (χ2v) is 3.53. The SMILES string of the molecule is CC1=PC(C)=C1CN. The van der Waals surface area contributed by atoms with Crippen LogP contribution >= 0.6 is 8.20 Å². The van der Waals surface area contributed by atoms with E-state index in [1.54, 1.807) is 0 Å². The molecule has 0 amide bonds. The molecular formula is C6H10NP. The van der Waals surface area contributed by atoms with E-state index in [9.17, 15) is 0 Å². The van der Waals surface area contributed by atoms with Gasteiger partial charge in [-0.2, -0.15) is 0 Å². The molecule has 1 aliphatic rings. The summed E-state index contributed by atoms with van der Waals surface area (Å²) in [7, 11) is 1.40. The van der Waals surface area contributed by atoms with Crippen LogP contribution in [0, 0.1) is 0 Å². The summed E-state index contributed by atoms with van der Waals surface area (Å²) in [6, 6.07) is 0. The van der Waals surface area contributed by atoms with Crippen LogP contribution in [0.2, 0.25) is 0 Å². The van der Waals surface area contributed by atoms with Gasteiger partial charge in [-0.15, -0.1) is 0 Å². The summed E-state index contributed by atoms with van der Waals surface area (Å²) in [6.45, 7) is 5.00. The maximum Gasteiger partial charge on any atom is 0.0190 e. The molecule has 1 aliphatic heterocycles. The molecular weight excluding hydrogens is 117 g/mol. The Bertz CT molecular complexity index is 167. The van der Waals surface area contributed by atoms with Gasteiger partial charge in [0.2, 0.25) is 0 Å². The fourth-order valence-corrected chi connectivity index (χ4v) is 2.01. The Morgan fingerprint density at radius 1 is 1.50 bits per heavy atom. The largest absolute Gasteiger partial charge is 0.326 e. The van der Waals surface area contributed by atoms with Crippen LogP contribution in [0.25, 0.3) is 0 Å². The van der Waals surface area contributed by atoms with Gasteiger partial charge in [-0.1, -0.05) is 8.20 Å². The lowest BCUT2D eigenvalue weighted by atomic mass is 10.2. The van der Waals surface area contributed by atoms with E-state index in [1.807, 2.05) is 0 Å². The summed E-state index contributed by atoms with van der Waals surface area (Å²) in [5.41, 5.74) is 6.81. The lowest BCUT2D eigenvalue weighted by molar-refractivity contribution is 1.19. The molecule has 0 radical (unpaired) electrons. The van der Waals surface area contributed by atoms with Crippen molar-refractivity contribution in [3.63, 3.8) is 0 Å². The molecule has 0 unspecified atom stereocenters. The molecule has 0 fully saturated rings. The first-order chi connectivity index (χ1) is 3.75. The predicted octanol–water partition coefficient (Wildman–Crippen LogP) is 1.37. The average molecular weight is 127 g/mol. The number of rotatable bonds is 1. The van der Waals surface area contributed by atoms with E-state index >= 15 is 0 Å². The van der Waals surface area contributed by atoms with Gasteiger partial charge < -0.3 is 5.73 Å². The second kappa shape index (κ2) is 2.00. The lowest BCUT2D eigenvalue weighted by Crippen LogP contribution is -2.14. The van der Waals surface area contributed by atoms with Crippen LogP contribution in [-0.2, 0) is 0 Å². The highest BCUT2D eigenvalue weighted by atomic mass is 31.1. The van der Waals surface area contributed by atoms with Gasteiger partial charge in [-0.25, -0.2) is 0 Å². The van der Waals surface area contributed by atoms with E-state index < -0.39 is 0 Å². The first-order valence-electron chi connectivity index (χ1n) is 2.71. The number of hydrogen-bond donors (Lipinski definition) is 1. The topological polar surface area (TPSA) is 26.0 Å². The Hall–Kier alpha value is -0.130. The third-order valence-corrected chi connectivity index (χ3v) is 2.62. The summed E-state index contributed by atoms with van der Waals surface area (Å²) < 4.78 is 0. The average Bonchev–Trinajstić information content (AvgIpc) is 1.67. The standard InChI is InChI=1S/C6H10NP/c1-4-6(3-7)5(2)8-4/h3,7H2,1-2H3. The fourth-order valence-electron chi connectivity index (χ4n) is 0.891. The monoisotopic (exact) mass is 127 g/mol. The quantitative estimate of drug-likeness (QED) is 0.529. The molecule has 1 rings (SSSR count). The zero-order valence-corrected chi connectivity index (χ0v) is 6.13. The van der Waals surface area contributed by atoms with E-state index in [0.717, 1.165) is 6.54 Å². The third-order valence-electron chi connectivity index (χ3n) is 1.41. The number of nitrogens with two attached hydrogens (primary N) is 1. The van der Waals surface area contributed by atoms with Gasteiger partial charge >= 0.3 is 0 Å². The van der Waals surface area contributed by atoms with Crippen LogP contribution in [0.3, 0.4) is 0 Å². The summed E-state index contributed by atoms with van der Waals surface area (Å²) in [4.78, 5) is 0. The van der Waals surface area contributed by atoms with Crippen LogP contribution in [0.4, 0.5) is 0 Å². The van der Waals surface area contributed by atoms with Crippen molar-refractivity contribution in [2.45, 2.75) is 13.8 Å². The van der Waals surface area contributed by atoms with Crippen LogP contribution in [0.15, 0.2) is 10.9 Å². The van der Waals surface area contributed by atoms with E-state index in [4.69, 9.17) is 5.73 Å². The normalized spacial score (nSPS) is 20.1. The molecule has 2 heteroatoms. The van der Waals surface area contributed by atoms with E-state index in [1.165, 1.54) is 24.4 Å². The molecule has 44 valence electrons. The second-order valence-electron chi connectivity index (χ2n) is 1.97. The van der Waals surface area contributed by atoms with Crippen molar-refractivity contribution >= 4 is 13.5 Å². The van der Waals surface area contributed by atoms with Crippen LogP contribution in [0.1, 0.15) is 13.8 Å². The van der Waals surface area contributed by atoms with Crippen molar-refractivity contribution < 1.29 is 0 Å². The molecule has 0 bridgehead atoms. The minimum atomic E-state index is 0.727. The molecule has 0 atom stereocenters. The number of hydrogen-bond acceptors (Lipinski definition) is 1. The minimum absolute atomic E-state index is 0.727. The summed E-state index contributed by atoms with van der Waals surface area (Å²) >= 11 is 0. The van der Waals surface area contributed by atoms with Crippen molar-refractivity contribution in [3.8, 4) is 0 Å². The van der Waals surface area contributed by atoms with E-state index in [2.05, 4.69) is 13.8 Å². The summed E-state index contributed by atoms with van der Waals surface area (Å²) in [5, 5.41) is 2.90. The fraction of sp³-hybridized carbons (Fsp3) is 0.500. The molecule has 0 aliphatic carbocycles. The Morgan fingerprint density at radius 2 is 2.12 bits per heavy atom. The molecule has 0 aromatic heterocycles. The van der Waals surface area contributed by atoms with Gasteiger partial charge in [-0.05, 0) is 30.0 Å². The highest BCUT2D eigenvalue weighted by Gasteiger charge is 2.10.